The van der Waals surface area contributed by atoms with Crippen LogP contribution in [0.5, 0.6) is 0 Å². The van der Waals surface area contributed by atoms with Crippen molar-refractivity contribution in [1.29, 1.82) is 0 Å². The van der Waals surface area contributed by atoms with Crippen LogP contribution in [0.4, 0.5) is 4.79 Å². The molecule has 0 spiro atoms. The first kappa shape index (κ1) is 22.7. The first-order valence-corrected chi connectivity index (χ1v) is 8.06. The zero-order valence-corrected chi connectivity index (χ0v) is 15.3. The summed E-state index contributed by atoms with van der Waals surface area (Å²) < 4.78 is 5.11. The van der Waals surface area contributed by atoms with Crippen molar-refractivity contribution in [1.82, 2.24) is 10.6 Å². The minimum absolute atomic E-state index is 0.0491. The first-order valence-electron chi connectivity index (χ1n) is 8.06. The quantitative estimate of drug-likeness (QED) is 0.486. The van der Waals surface area contributed by atoms with Crippen LogP contribution in [0, 0.1) is 5.92 Å². The average Bonchev–Trinajstić information content (AvgIpc) is 2.39. The van der Waals surface area contributed by atoms with Crippen LogP contribution >= 0.6 is 0 Å². The Morgan fingerprint density at radius 2 is 1.56 bits per heavy atom. The normalized spacial score (nSPS) is 13.7. The number of carbonyl (C=O) groups is 4. The predicted octanol–water partition coefficient (Wildman–Crippen LogP) is 1.36. The highest BCUT2D eigenvalue weighted by Crippen LogP contribution is 2.10. The van der Waals surface area contributed by atoms with Gasteiger partial charge in [-0.15, -0.1) is 0 Å². The Kier molecular flexibility index (Phi) is 8.94. The highest BCUT2D eigenvalue weighted by Gasteiger charge is 2.29. The summed E-state index contributed by atoms with van der Waals surface area (Å²) in [6.45, 7) is 8.72. The van der Waals surface area contributed by atoms with Crippen LogP contribution < -0.4 is 10.6 Å². The molecule has 2 atom stereocenters. The number of nitrogens with one attached hydrogen (secondary N) is 2. The lowest BCUT2D eigenvalue weighted by Crippen LogP contribution is -2.52. The third-order valence-electron chi connectivity index (χ3n) is 2.98. The van der Waals surface area contributed by atoms with Crippen molar-refractivity contribution in [3.8, 4) is 0 Å². The second kappa shape index (κ2) is 9.85. The summed E-state index contributed by atoms with van der Waals surface area (Å²) in [5, 5.41) is 22.5. The average molecular weight is 360 g/mol. The molecule has 9 heteroatoms. The molecule has 9 nitrogen and oxygen atoms in total. The molecule has 0 aromatic heterocycles. The molecule has 0 radical (unpaired) electrons. The van der Waals surface area contributed by atoms with Gasteiger partial charge in [-0.3, -0.25) is 9.59 Å². The predicted molar refractivity (Wildman–Crippen MR) is 89.0 cm³/mol. The highest BCUT2D eigenvalue weighted by atomic mass is 16.6. The molecule has 0 unspecified atom stereocenters. The summed E-state index contributed by atoms with van der Waals surface area (Å²) in [5.74, 6) is -3.15. The monoisotopic (exact) mass is 360 g/mol. The largest absolute Gasteiger partial charge is 0.481 e. The van der Waals surface area contributed by atoms with E-state index in [1.165, 1.54) is 0 Å². The van der Waals surface area contributed by atoms with Gasteiger partial charge in [-0.1, -0.05) is 13.8 Å². The fraction of sp³-hybridized carbons (Fsp3) is 0.750. The lowest BCUT2D eigenvalue weighted by Gasteiger charge is -2.25. The maximum Gasteiger partial charge on any atom is 0.408 e. The minimum Gasteiger partial charge on any atom is -0.481 e. The van der Waals surface area contributed by atoms with Crippen molar-refractivity contribution in [3.63, 3.8) is 0 Å². The maximum atomic E-state index is 12.3. The summed E-state index contributed by atoms with van der Waals surface area (Å²) in [4.78, 5) is 46.0. The molecule has 0 aromatic carbocycles. The molecule has 4 N–H and O–H groups in total. The molecule has 25 heavy (non-hydrogen) atoms. The molecule has 0 bridgehead atoms. The number of amides is 2. The van der Waals surface area contributed by atoms with E-state index in [4.69, 9.17) is 14.9 Å². The fourth-order valence-corrected chi connectivity index (χ4v) is 1.95. The molecule has 0 aliphatic carbocycles. The van der Waals surface area contributed by atoms with Gasteiger partial charge < -0.3 is 25.6 Å². The maximum absolute atomic E-state index is 12.3. The van der Waals surface area contributed by atoms with E-state index in [1.807, 2.05) is 13.8 Å². The highest BCUT2D eigenvalue weighted by molar-refractivity contribution is 5.89. The van der Waals surface area contributed by atoms with E-state index in [2.05, 4.69) is 10.6 Å². The number of carboxylic acids is 2. The Bertz CT molecular complexity index is 497. The Morgan fingerprint density at radius 3 is 1.96 bits per heavy atom. The number of carboxylic acid groups (broad SMARTS) is 2. The minimum atomic E-state index is -1.35. The number of carbonyl (C=O) groups excluding carboxylic acids is 2. The molecule has 0 saturated carbocycles. The van der Waals surface area contributed by atoms with E-state index >= 15 is 0 Å². The first-order chi connectivity index (χ1) is 11.3. The molecular weight excluding hydrogens is 332 g/mol. The number of rotatable bonds is 9. The van der Waals surface area contributed by atoms with Crippen LogP contribution in [0.15, 0.2) is 0 Å². The third-order valence-corrected chi connectivity index (χ3v) is 2.98. The zero-order valence-electron chi connectivity index (χ0n) is 15.3. The Morgan fingerprint density at radius 1 is 1.00 bits per heavy atom. The zero-order chi connectivity index (χ0) is 19.8. The van der Waals surface area contributed by atoms with Gasteiger partial charge in [-0.05, 0) is 39.5 Å². The number of hydrogen-bond donors (Lipinski definition) is 4. The van der Waals surface area contributed by atoms with Gasteiger partial charge in [0.15, 0.2) is 0 Å². The van der Waals surface area contributed by atoms with Crippen molar-refractivity contribution >= 4 is 23.9 Å². The van der Waals surface area contributed by atoms with E-state index < -0.39 is 48.0 Å². The third kappa shape index (κ3) is 11.0. The molecule has 0 aliphatic heterocycles. The van der Waals surface area contributed by atoms with Crippen molar-refractivity contribution in [2.45, 2.75) is 71.6 Å². The molecule has 0 aliphatic rings. The van der Waals surface area contributed by atoms with Crippen molar-refractivity contribution in [2.24, 2.45) is 5.92 Å². The van der Waals surface area contributed by atoms with Crippen molar-refractivity contribution in [2.75, 3.05) is 0 Å². The standard InChI is InChI=1S/C16H28N2O7/c1-9(2)8-11(18-15(24)25-16(3,4)5)13(21)17-10(14(22)23)6-7-12(19)20/h9-11H,6-8H2,1-5H3,(H,17,21)(H,18,24)(H,19,20)(H,22,23)/t10-,11-/m1/s1. The van der Waals surface area contributed by atoms with E-state index in [1.54, 1.807) is 20.8 Å². The summed E-state index contributed by atoms with van der Waals surface area (Å²) >= 11 is 0. The van der Waals surface area contributed by atoms with Gasteiger partial charge in [0.25, 0.3) is 0 Å². The van der Waals surface area contributed by atoms with E-state index in [-0.39, 0.29) is 18.8 Å². The van der Waals surface area contributed by atoms with Gasteiger partial charge in [0.05, 0.1) is 0 Å². The van der Waals surface area contributed by atoms with Crippen molar-refractivity contribution in [3.05, 3.63) is 0 Å². The van der Waals surface area contributed by atoms with Crippen LogP contribution in [0.2, 0.25) is 0 Å². The molecule has 0 heterocycles. The van der Waals surface area contributed by atoms with E-state index in [0.717, 1.165) is 0 Å². The number of ether oxygens (including phenoxy) is 1. The Balaban J connectivity index is 4.99. The smallest absolute Gasteiger partial charge is 0.408 e. The van der Waals surface area contributed by atoms with E-state index in [0.29, 0.717) is 0 Å². The fourth-order valence-electron chi connectivity index (χ4n) is 1.95. The van der Waals surface area contributed by atoms with Crippen LogP contribution in [-0.2, 0) is 19.1 Å². The van der Waals surface area contributed by atoms with Crippen molar-refractivity contribution < 1.29 is 34.1 Å². The topological polar surface area (TPSA) is 142 Å². The number of hydrogen-bond acceptors (Lipinski definition) is 5. The molecule has 0 saturated heterocycles. The van der Waals surface area contributed by atoms with E-state index in [9.17, 15) is 19.2 Å². The molecule has 0 fully saturated rings. The summed E-state index contributed by atoms with van der Waals surface area (Å²) in [6, 6.07) is -2.33. The molecule has 144 valence electrons. The summed E-state index contributed by atoms with van der Waals surface area (Å²) in [7, 11) is 0. The lowest BCUT2D eigenvalue weighted by atomic mass is 10.0. The molecular formula is C16H28N2O7. The molecule has 2 amide bonds. The lowest BCUT2D eigenvalue weighted by molar-refractivity contribution is -0.143. The van der Waals surface area contributed by atoms with Gasteiger partial charge in [-0.25, -0.2) is 9.59 Å². The van der Waals surface area contributed by atoms with Crippen LogP contribution in [-0.4, -0.2) is 51.8 Å². The summed E-state index contributed by atoms with van der Waals surface area (Å²) in [5.41, 5.74) is -0.742. The van der Waals surface area contributed by atoms with Crippen LogP contribution in [0.25, 0.3) is 0 Å². The van der Waals surface area contributed by atoms with Gasteiger partial charge in [0, 0.05) is 6.42 Å². The Labute approximate surface area is 147 Å². The SMILES string of the molecule is CC(C)C[C@@H](NC(=O)OC(C)(C)C)C(=O)N[C@H](CCC(=O)O)C(=O)O. The number of aliphatic carboxylic acids is 2. The van der Waals surface area contributed by atoms with Gasteiger partial charge in [0.1, 0.15) is 17.7 Å². The molecule has 0 rings (SSSR count). The summed E-state index contributed by atoms with van der Waals surface area (Å²) in [6.07, 6.45) is -1.16. The molecule has 0 aromatic rings. The second-order valence-electron chi connectivity index (χ2n) is 7.16. The van der Waals surface area contributed by atoms with Gasteiger partial charge in [0.2, 0.25) is 5.91 Å². The number of alkyl carbamates (subject to hydrolysis) is 1. The Hall–Kier alpha value is -2.32. The van der Waals surface area contributed by atoms with Gasteiger partial charge in [-0.2, -0.15) is 0 Å². The van der Waals surface area contributed by atoms with Gasteiger partial charge >= 0.3 is 18.0 Å². The second-order valence-corrected chi connectivity index (χ2v) is 7.16. The van der Waals surface area contributed by atoms with Crippen LogP contribution in [0.3, 0.4) is 0 Å². The van der Waals surface area contributed by atoms with Crippen LogP contribution in [0.1, 0.15) is 53.9 Å².